The van der Waals surface area contributed by atoms with E-state index in [1.54, 1.807) is 0 Å². The molecule has 2 rings (SSSR count). The summed E-state index contributed by atoms with van der Waals surface area (Å²) in [7, 11) is -3.73. The van der Waals surface area contributed by atoms with E-state index >= 15 is 0 Å². The van der Waals surface area contributed by atoms with E-state index in [1.165, 1.54) is 36.8 Å². The Morgan fingerprint density at radius 1 is 1.00 bits per heavy atom. The van der Waals surface area contributed by atoms with Crippen LogP contribution in [0.2, 0.25) is 0 Å². The van der Waals surface area contributed by atoms with Crippen LogP contribution in [0.15, 0.2) is 53.4 Å². The molecule has 7 nitrogen and oxygen atoms in total. The minimum Gasteiger partial charge on any atom is -0.350 e. The van der Waals surface area contributed by atoms with Crippen LogP contribution in [0.4, 0.5) is 5.69 Å². The van der Waals surface area contributed by atoms with Crippen LogP contribution in [0.3, 0.4) is 0 Å². The summed E-state index contributed by atoms with van der Waals surface area (Å²) in [5, 5.41) is 5.44. The van der Waals surface area contributed by atoms with E-state index in [0.717, 1.165) is 12.0 Å². The lowest BCUT2D eigenvalue weighted by molar-refractivity contribution is -0.121. The van der Waals surface area contributed by atoms with Gasteiger partial charge in [0.1, 0.15) is 0 Å². The Kier molecular flexibility index (Phi) is 7.92. The number of rotatable bonds is 9. The molecule has 0 unspecified atom stereocenters. The van der Waals surface area contributed by atoms with E-state index in [-0.39, 0.29) is 35.7 Å². The minimum atomic E-state index is -3.73. The molecule has 2 amide bonds. The van der Waals surface area contributed by atoms with Gasteiger partial charge in [0.2, 0.25) is 21.8 Å². The highest BCUT2D eigenvalue weighted by atomic mass is 32.2. The third-order valence-electron chi connectivity index (χ3n) is 4.39. The Morgan fingerprint density at radius 2 is 1.62 bits per heavy atom. The topological polar surface area (TPSA) is 104 Å². The molecule has 29 heavy (non-hydrogen) atoms. The van der Waals surface area contributed by atoms with Crippen molar-refractivity contribution in [3.63, 3.8) is 0 Å². The fourth-order valence-electron chi connectivity index (χ4n) is 2.74. The lowest BCUT2D eigenvalue weighted by Crippen LogP contribution is -2.32. The third kappa shape index (κ3) is 6.99. The molecule has 0 radical (unpaired) electrons. The van der Waals surface area contributed by atoms with Gasteiger partial charge in [0.25, 0.3) is 0 Å². The summed E-state index contributed by atoms with van der Waals surface area (Å²) in [6.45, 7) is 5.33. The third-order valence-corrected chi connectivity index (χ3v) is 5.87. The first-order chi connectivity index (χ1) is 13.7. The second-order valence-electron chi connectivity index (χ2n) is 6.74. The van der Waals surface area contributed by atoms with Crippen LogP contribution in [0.1, 0.15) is 44.4 Å². The summed E-state index contributed by atoms with van der Waals surface area (Å²) in [6, 6.07) is 13.7. The fourth-order valence-corrected chi connectivity index (χ4v) is 3.77. The van der Waals surface area contributed by atoms with E-state index in [2.05, 4.69) is 22.3 Å². The van der Waals surface area contributed by atoms with Gasteiger partial charge < -0.3 is 10.6 Å². The molecule has 0 aliphatic rings. The predicted molar refractivity (Wildman–Crippen MR) is 113 cm³/mol. The molecule has 156 valence electrons. The fraction of sp³-hybridized carbons (Fsp3) is 0.333. The summed E-state index contributed by atoms with van der Waals surface area (Å²) in [4.78, 5) is 23.2. The number of hydrogen-bond donors (Lipinski definition) is 3. The first-order valence-corrected chi connectivity index (χ1v) is 10.9. The van der Waals surface area contributed by atoms with E-state index < -0.39 is 10.0 Å². The largest absolute Gasteiger partial charge is 0.350 e. The SMILES string of the molecule is CCc1ccc([C@H](C)NC(=O)CCNS(=O)(=O)c2ccc(NC(C)=O)cc2)cc1. The maximum atomic E-state index is 12.3. The first kappa shape index (κ1) is 22.6. The molecule has 2 aromatic rings. The predicted octanol–water partition coefficient (Wildman–Crippen LogP) is 2.75. The van der Waals surface area contributed by atoms with Crippen LogP contribution in [0, 0.1) is 0 Å². The number of anilines is 1. The van der Waals surface area contributed by atoms with Gasteiger partial charge in [-0.1, -0.05) is 31.2 Å². The van der Waals surface area contributed by atoms with Gasteiger partial charge in [0.05, 0.1) is 10.9 Å². The van der Waals surface area contributed by atoms with Crippen molar-refractivity contribution in [3.05, 3.63) is 59.7 Å². The summed E-state index contributed by atoms with van der Waals surface area (Å²) in [6.07, 6.45) is 0.984. The van der Waals surface area contributed by atoms with Crippen LogP contribution >= 0.6 is 0 Å². The summed E-state index contributed by atoms with van der Waals surface area (Å²) in [5.41, 5.74) is 2.74. The van der Waals surface area contributed by atoms with E-state index in [4.69, 9.17) is 0 Å². The number of carbonyl (C=O) groups is 2. The van der Waals surface area contributed by atoms with Gasteiger partial charge in [0.15, 0.2) is 0 Å². The molecule has 0 saturated carbocycles. The quantitative estimate of drug-likeness (QED) is 0.583. The Bertz CT molecular complexity index is 939. The van der Waals surface area contributed by atoms with Gasteiger partial charge in [-0.3, -0.25) is 9.59 Å². The molecule has 3 N–H and O–H groups in total. The minimum absolute atomic E-state index is 0.0108. The number of carbonyl (C=O) groups excluding carboxylic acids is 2. The lowest BCUT2D eigenvalue weighted by atomic mass is 10.0. The van der Waals surface area contributed by atoms with Crippen molar-refractivity contribution in [2.45, 2.75) is 44.6 Å². The normalized spacial score (nSPS) is 12.2. The molecule has 0 fully saturated rings. The van der Waals surface area contributed by atoms with Crippen LogP contribution < -0.4 is 15.4 Å². The highest BCUT2D eigenvalue weighted by Gasteiger charge is 2.15. The first-order valence-electron chi connectivity index (χ1n) is 9.47. The second-order valence-corrected chi connectivity index (χ2v) is 8.50. The van der Waals surface area contributed by atoms with Crippen molar-refractivity contribution in [1.82, 2.24) is 10.0 Å². The van der Waals surface area contributed by atoms with E-state index in [9.17, 15) is 18.0 Å². The molecule has 2 aromatic carbocycles. The van der Waals surface area contributed by atoms with Gasteiger partial charge >= 0.3 is 0 Å². The number of nitrogens with one attached hydrogen (secondary N) is 3. The molecule has 0 aliphatic carbocycles. The Balaban J connectivity index is 1.84. The molecule has 0 aliphatic heterocycles. The molecule has 0 heterocycles. The average Bonchev–Trinajstić information content (AvgIpc) is 2.67. The van der Waals surface area contributed by atoms with Crippen LogP contribution in [-0.4, -0.2) is 26.8 Å². The van der Waals surface area contributed by atoms with Crippen molar-refractivity contribution in [1.29, 1.82) is 0 Å². The number of benzene rings is 2. The van der Waals surface area contributed by atoms with Gasteiger partial charge in [-0.2, -0.15) is 0 Å². The summed E-state index contributed by atoms with van der Waals surface area (Å²) >= 11 is 0. The Morgan fingerprint density at radius 3 is 2.17 bits per heavy atom. The number of sulfonamides is 1. The van der Waals surface area contributed by atoms with Crippen molar-refractivity contribution < 1.29 is 18.0 Å². The summed E-state index contributed by atoms with van der Waals surface area (Å²) in [5.74, 6) is -0.471. The van der Waals surface area contributed by atoms with Gasteiger partial charge in [0, 0.05) is 25.6 Å². The van der Waals surface area contributed by atoms with Crippen molar-refractivity contribution in [3.8, 4) is 0 Å². The van der Waals surface area contributed by atoms with Crippen LogP contribution in [0.5, 0.6) is 0 Å². The van der Waals surface area contributed by atoms with E-state index in [1.807, 2.05) is 31.2 Å². The molecule has 0 aromatic heterocycles. The Labute approximate surface area is 172 Å². The zero-order chi connectivity index (χ0) is 21.4. The van der Waals surface area contributed by atoms with Gasteiger partial charge in [-0.25, -0.2) is 13.1 Å². The van der Waals surface area contributed by atoms with Crippen LogP contribution in [-0.2, 0) is 26.0 Å². The van der Waals surface area contributed by atoms with Crippen molar-refractivity contribution in [2.75, 3.05) is 11.9 Å². The zero-order valence-corrected chi connectivity index (χ0v) is 17.7. The molecule has 8 heteroatoms. The molecule has 0 spiro atoms. The Hall–Kier alpha value is -2.71. The average molecular weight is 418 g/mol. The van der Waals surface area contributed by atoms with Crippen molar-refractivity contribution >= 4 is 27.5 Å². The maximum Gasteiger partial charge on any atom is 0.240 e. The van der Waals surface area contributed by atoms with Gasteiger partial charge in [-0.15, -0.1) is 0 Å². The number of aryl methyl sites for hydroxylation is 1. The highest BCUT2D eigenvalue weighted by Crippen LogP contribution is 2.15. The highest BCUT2D eigenvalue weighted by molar-refractivity contribution is 7.89. The lowest BCUT2D eigenvalue weighted by Gasteiger charge is -2.15. The molecular formula is C21H27N3O4S. The molecule has 0 saturated heterocycles. The maximum absolute atomic E-state index is 12.3. The number of amides is 2. The van der Waals surface area contributed by atoms with E-state index in [0.29, 0.717) is 5.69 Å². The monoisotopic (exact) mass is 417 g/mol. The number of hydrogen-bond acceptors (Lipinski definition) is 4. The van der Waals surface area contributed by atoms with Gasteiger partial charge in [-0.05, 0) is 48.7 Å². The molecule has 0 bridgehead atoms. The zero-order valence-electron chi connectivity index (χ0n) is 16.9. The second kappa shape index (κ2) is 10.2. The van der Waals surface area contributed by atoms with Crippen LogP contribution in [0.25, 0.3) is 0 Å². The molecule has 1 atom stereocenters. The standard InChI is InChI=1S/C21H27N3O4S/c1-4-17-5-7-18(8-6-17)15(2)23-21(26)13-14-22-29(27,28)20-11-9-19(10-12-20)24-16(3)25/h5-12,15,22H,4,13-14H2,1-3H3,(H,23,26)(H,24,25)/t15-/m0/s1. The molecular weight excluding hydrogens is 390 g/mol. The van der Waals surface area contributed by atoms with Crippen molar-refractivity contribution in [2.24, 2.45) is 0 Å². The smallest absolute Gasteiger partial charge is 0.240 e. The summed E-state index contributed by atoms with van der Waals surface area (Å²) < 4.78 is 27.1.